The molecule has 0 bridgehead atoms. The summed E-state index contributed by atoms with van der Waals surface area (Å²) in [6.07, 6.45) is 8.08. The van der Waals surface area contributed by atoms with Crippen molar-refractivity contribution in [3.05, 3.63) is 11.7 Å². The molecule has 2 atom stereocenters. The molecule has 6 heteroatoms. The minimum absolute atomic E-state index is 0.0236. The smallest absolute Gasteiger partial charge is 0.239 e. The number of aromatic nitrogens is 2. The van der Waals surface area contributed by atoms with Crippen molar-refractivity contribution >= 4 is 17.7 Å². The number of rotatable bonds is 8. The average Bonchev–Trinajstić information content (AvgIpc) is 2.91. The number of nitrogens with one attached hydrogen (secondary N) is 1. The predicted octanol–water partition coefficient (Wildman–Crippen LogP) is 2.34. The highest BCUT2D eigenvalue weighted by Gasteiger charge is 2.21. The third-order valence-electron chi connectivity index (χ3n) is 2.73. The Hall–Kier alpha value is -1.48. The lowest BCUT2D eigenvalue weighted by Gasteiger charge is -2.13. The van der Waals surface area contributed by atoms with Crippen LogP contribution in [0.1, 0.15) is 50.6 Å². The number of hydrogen-bond acceptors (Lipinski definition) is 5. The molecule has 1 heterocycles. The van der Waals surface area contributed by atoms with E-state index in [0.29, 0.717) is 5.89 Å². The van der Waals surface area contributed by atoms with Crippen molar-refractivity contribution < 1.29 is 9.32 Å². The Morgan fingerprint density at radius 1 is 1.55 bits per heavy atom. The van der Waals surface area contributed by atoms with Crippen molar-refractivity contribution in [2.45, 2.75) is 50.5 Å². The first-order chi connectivity index (χ1) is 9.58. The highest BCUT2D eigenvalue weighted by molar-refractivity contribution is 8.00. The zero-order valence-electron chi connectivity index (χ0n) is 12.2. The molecule has 110 valence electrons. The Balaban J connectivity index is 2.49. The number of carbonyl (C=O) groups excluding carboxylic acids is 1. The van der Waals surface area contributed by atoms with Gasteiger partial charge in [-0.15, -0.1) is 18.2 Å². The van der Waals surface area contributed by atoms with Crippen LogP contribution in [0.5, 0.6) is 0 Å². The zero-order valence-corrected chi connectivity index (χ0v) is 13.0. The van der Waals surface area contributed by atoms with Crippen LogP contribution in [0.4, 0.5) is 0 Å². The van der Waals surface area contributed by atoms with Gasteiger partial charge >= 0.3 is 0 Å². The van der Waals surface area contributed by atoms with Gasteiger partial charge in [-0.2, -0.15) is 4.98 Å². The van der Waals surface area contributed by atoms with E-state index in [1.54, 1.807) is 0 Å². The molecule has 0 saturated heterocycles. The third kappa shape index (κ3) is 5.25. The number of amides is 1. The summed E-state index contributed by atoms with van der Waals surface area (Å²) in [7, 11) is 0. The Morgan fingerprint density at radius 3 is 2.95 bits per heavy atom. The second kappa shape index (κ2) is 8.64. The molecule has 0 unspecified atom stereocenters. The second-order valence-corrected chi connectivity index (χ2v) is 6.18. The summed E-state index contributed by atoms with van der Waals surface area (Å²) in [6.45, 7) is 6.16. The largest absolute Gasteiger partial charge is 0.344 e. The maximum atomic E-state index is 11.7. The van der Waals surface area contributed by atoms with E-state index in [2.05, 4.69) is 28.3 Å². The summed E-state index contributed by atoms with van der Waals surface area (Å²) < 4.78 is 5.24. The van der Waals surface area contributed by atoms with Crippen LogP contribution in [0, 0.1) is 12.3 Å². The van der Waals surface area contributed by atoms with E-state index in [-0.39, 0.29) is 23.0 Å². The second-order valence-electron chi connectivity index (χ2n) is 4.49. The van der Waals surface area contributed by atoms with E-state index in [1.807, 2.05) is 13.8 Å². The molecule has 1 amide bonds. The molecule has 0 aliphatic heterocycles. The van der Waals surface area contributed by atoms with Gasteiger partial charge in [0.05, 0.1) is 17.0 Å². The molecule has 0 aliphatic rings. The molecule has 5 nitrogen and oxygen atoms in total. The molecule has 1 rings (SSSR count). The maximum Gasteiger partial charge on any atom is 0.239 e. The Bertz CT molecular complexity index is 467. The van der Waals surface area contributed by atoms with Gasteiger partial charge in [-0.25, -0.2) is 0 Å². The Kier molecular flexibility index (Phi) is 7.16. The lowest BCUT2D eigenvalue weighted by molar-refractivity contribution is -0.120. The molecule has 1 N–H and O–H groups in total. The van der Waals surface area contributed by atoms with Gasteiger partial charge in [0, 0.05) is 6.42 Å². The van der Waals surface area contributed by atoms with E-state index < -0.39 is 0 Å². The van der Waals surface area contributed by atoms with Crippen LogP contribution in [-0.2, 0) is 11.2 Å². The first-order valence-electron chi connectivity index (χ1n) is 6.77. The van der Waals surface area contributed by atoms with Gasteiger partial charge in [0.15, 0.2) is 5.82 Å². The van der Waals surface area contributed by atoms with Crippen LogP contribution in [0.25, 0.3) is 0 Å². The molecule has 20 heavy (non-hydrogen) atoms. The lowest BCUT2D eigenvalue weighted by atomic mass is 10.2. The highest BCUT2D eigenvalue weighted by Crippen LogP contribution is 2.30. The number of terminal acetylenes is 1. The summed E-state index contributed by atoms with van der Waals surface area (Å²) in [5, 5.41) is 6.37. The maximum absolute atomic E-state index is 11.7. The number of hydrogen-bond donors (Lipinski definition) is 1. The van der Waals surface area contributed by atoms with E-state index >= 15 is 0 Å². The molecule has 0 aliphatic carbocycles. The summed E-state index contributed by atoms with van der Waals surface area (Å²) >= 11 is 1.47. The van der Waals surface area contributed by atoms with Crippen LogP contribution in [0.15, 0.2) is 4.52 Å². The predicted molar refractivity (Wildman–Crippen MR) is 80.2 cm³/mol. The van der Waals surface area contributed by atoms with Gasteiger partial charge in [-0.3, -0.25) is 4.79 Å². The van der Waals surface area contributed by atoms with E-state index in [1.165, 1.54) is 11.8 Å². The molecule has 0 spiro atoms. The van der Waals surface area contributed by atoms with Crippen molar-refractivity contribution in [2.75, 3.05) is 6.54 Å². The normalized spacial score (nSPS) is 13.5. The van der Waals surface area contributed by atoms with Gasteiger partial charge in [0.1, 0.15) is 0 Å². The van der Waals surface area contributed by atoms with E-state index in [9.17, 15) is 4.79 Å². The molecular weight excluding hydrogens is 274 g/mol. The van der Waals surface area contributed by atoms with Gasteiger partial charge in [0.2, 0.25) is 11.8 Å². The van der Waals surface area contributed by atoms with Crippen LogP contribution >= 0.6 is 11.8 Å². The SMILES string of the molecule is C#CCNC(=O)[C@H](C)S[C@@H](C)c1nc(CCCC)no1. The monoisotopic (exact) mass is 295 g/mol. The summed E-state index contributed by atoms with van der Waals surface area (Å²) in [4.78, 5) is 16.1. The van der Waals surface area contributed by atoms with E-state index in [4.69, 9.17) is 10.9 Å². The average molecular weight is 295 g/mol. The Morgan fingerprint density at radius 2 is 2.30 bits per heavy atom. The van der Waals surface area contributed by atoms with Crippen molar-refractivity contribution in [1.82, 2.24) is 15.5 Å². The number of thioether (sulfide) groups is 1. The molecule has 1 aromatic rings. The van der Waals surface area contributed by atoms with Gasteiger partial charge < -0.3 is 9.84 Å². The van der Waals surface area contributed by atoms with Crippen molar-refractivity contribution in [1.29, 1.82) is 0 Å². The van der Waals surface area contributed by atoms with Gasteiger partial charge in [-0.1, -0.05) is 24.4 Å². The minimum Gasteiger partial charge on any atom is -0.344 e. The number of aryl methyl sites for hydroxylation is 1. The fraction of sp³-hybridized carbons (Fsp3) is 0.643. The van der Waals surface area contributed by atoms with Crippen molar-refractivity contribution in [2.24, 2.45) is 0 Å². The van der Waals surface area contributed by atoms with E-state index in [0.717, 1.165) is 25.1 Å². The van der Waals surface area contributed by atoms with Crippen molar-refractivity contribution in [3.63, 3.8) is 0 Å². The quantitative estimate of drug-likeness (QED) is 0.746. The highest BCUT2D eigenvalue weighted by atomic mass is 32.2. The van der Waals surface area contributed by atoms with Crippen LogP contribution in [0.2, 0.25) is 0 Å². The molecule has 1 aromatic heterocycles. The first-order valence-corrected chi connectivity index (χ1v) is 7.71. The number of unbranched alkanes of at least 4 members (excludes halogenated alkanes) is 1. The molecule has 0 fully saturated rings. The summed E-state index contributed by atoms with van der Waals surface area (Å²) in [6, 6.07) is 0. The fourth-order valence-corrected chi connectivity index (χ4v) is 2.61. The Labute approximate surface area is 124 Å². The minimum atomic E-state index is -0.218. The van der Waals surface area contributed by atoms with Crippen LogP contribution < -0.4 is 5.32 Å². The number of carbonyl (C=O) groups is 1. The fourth-order valence-electron chi connectivity index (χ4n) is 1.58. The van der Waals surface area contributed by atoms with Crippen LogP contribution in [-0.4, -0.2) is 27.8 Å². The standard InChI is InChI=1S/C14H21N3O2S/c1-5-7-8-12-16-14(19-17-12)11(4)20-10(3)13(18)15-9-6-2/h2,10-11H,5,7-9H2,1,3-4H3,(H,15,18)/t10-,11-/m0/s1. The summed E-state index contributed by atoms with van der Waals surface area (Å²) in [5.74, 6) is 3.60. The molecule has 0 radical (unpaired) electrons. The van der Waals surface area contributed by atoms with Gasteiger partial charge in [-0.05, 0) is 20.3 Å². The molecular formula is C14H21N3O2S. The first kappa shape index (κ1) is 16.6. The topological polar surface area (TPSA) is 68.0 Å². The van der Waals surface area contributed by atoms with Gasteiger partial charge in [0.25, 0.3) is 0 Å². The molecule has 0 aromatic carbocycles. The molecule has 0 saturated carbocycles. The lowest BCUT2D eigenvalue weighted by Crippen LogP contribution is -2.31. The zero-order chi connectivity index (χ0) is 15.0. The third-order valence-corrected chi connectivity index (χ3v) is 3.96. The number of nitrogens with zero attached hydrogens (tertiary/aromatic N) is 2. The summed E-state index contributed by atoms with van der Waals surface area (Å²) in [5.41, 5.74) is 0. The van der Waals surface area contributed by atoms with Crippen LogP contribution in [0.3, 0.4) is 0 Å². The van der Waals surface area contributed by atoms with Crippen molar-refractivity contribution in [3.8, 4) is 12.3 Å².